The Kier molecular flexibility index (Phi) is 4.08. The van der Waals surface area contributed by atoms with Crippen LogP contribution in [0.25, 0.3) is 22.6 Å². The lowest BCUT2D eigenvalue weighted by Gasteiger charge is -2.26. The molecule has 0 fully saturated rings. The molecule has 0 bridgehead atoms. The molecule has 3 nitrogen and oxygen atoms in total. The molecule has 3 aromatic rings. The van der Waals surface area contributed by atoms with Crippen LogP contribution in [-0.4, -0.2) is 16.1 Å². The van der Waals surface area contributed by atoms with Gasteiger partial charge in [-0.3, -0.25) is 0 Å². The lowest BCUT2D eigenvalue weighted by atomic mass is 9.80. The Morgan fingerprint density at radius 3 is 2.62 bits per heavy atom. The van der Waals surface area contributed by atoms with Gasteiger partial charge in [0.2, 0.25) is 0 Å². The van der Waals surface area contributed by atoms with Crippen LogP contribution in [0.1, 0.15) is 46.1 Å². The van der Waals surface area contributed by atoms with Crippen molar-refractivity contribution in [1.82, 2.24) is 4.98 Å². The Labute approximate surface area is 153 Å². The molecule has 1 aromatic heterocycles. The molecule has 0 saturated heterocycles. The van der Waals surface area contributed by atoms with Crippen molar-refractivity contribution in [3.63, 3.8) is 0 Å². The smallest absolute Gasteiger partial charge is 0.336 e. The third-order valence-electron chi connectivity index (χ3n) is 5.15. The molecule has 1 heterocycles. The molecule has 1 aliphatic rings. The average Bonchev–Trinajstić information content (AvgIpc) is 2.61. The van der Waals surface area contributed by atoms with Crippen molar-refractivity contribution in [2.75, 3.05) is 0 Å². The van der Waals surface area contributed by atoms with Gasteiger partial charge in [-0.1, -0.05) is 49.4 Å². The highest BCUT2D eigenvalue weighted by atomic mass is 16.4. The summed E-state index contributed by atoms with van der Waals surface area (Å²) in [5.74, 6) is -0.483. The first kappa shape index (κ1) is 16.5. The number of pyridine rings is 1. The van der Waals surface area contributed by atoms with Crippen molar-refractivity contribution in [3.8, 4) is 0 Å². The first-order valence-corrected chi connectivity index (χ1v) is 8.96. The molecule has 0 radical (unpaired) electrons. The summed E-state index contributed by atoms with van der Waals surface area (Å²) < 4.78 is 0. The van der Waals surface area contributed by atoms with Gasteiger partial charge < -0.3 is 5.11 Å². The molecular formula is C23H21NO2. The molecule has 1 N–H and O–H groups in total. The van der Waals surface area contributed by atoms with Crippen LogP contribution in [0.15, 0.2) is 48.5 Å². The fourth-order valence-corrected chi connectivity index (χ4v) is 3.92. The number of aromatic nitrogens is 1. The van der Waals surface area contributed by atoms with Gasteiger partial charge in [-0.05, 0) is 60.1 Å². The molecule has 0 saturated carbocycles. The largest absolute Gasteiger partial charge is 0.478 e. The topological polar surface area (TPSA) is 50.2 Å². The van der Waals surface area contributed by atoms with E-state index in [1.165, 1.54) is 5.56 Å². The standard InChI is InChI=1S/C23H21NO2/c1-14-11-17(13-16-8-4-3-7-15(16)2)22-19(12-14)21(23(25)26)18-9-5-6-10-20(18)24-22/h3-10,13-14H,11-12H2,1-2H3,(H,25,26)/b17-13+. The van der Waals surface area contributed by atoms with Crippen LogP contribution in [0.4, 0.5) is 0 Å². The van der Waals surface area contributed by atoms with Crippen molar-refractivity contribution < 1.29 is 9.90 Å². The third-order valence-corrected chi connectivity index (χ3v) is 5.15. The lowest BCUT2D eigenvalue weighted by molar-refractivity contribution is 0.0697. The van der Waals surface area contributed by atoms with E-state index in [0.29, 0.717) is 11.5 Å². The number of hydrogen-bond acceptors (Lipinski definition) is 2. The molecule has 1 unspecified atom stereocenters. The lowest BCUT2D eigenvalue weighted by Crippen LogP contribution is -2.17. The second-order valence-corrected chi connectivity index (χ2v) is 7.18. The number of aryl methyl sites for hydroxylation is 1. The maximum absolute atomic E-state index is 12.1. The van der Waals surface area contributed by atoms with Gasteiger partial charge in [-0.25, -0.2) is 9.78 Å². The van der Waals surface area contributed by atoms with E-state index in [-0.39, 0.29) is 0 Å². The van der Waals surface area contributed by atoms with Crippen LogP contribution in [0, 0.1) is 12.8 Å². The Bertz CT molecular complexity index is 1050. The first-order valence-electron chi connectivity index (χ1n) is 8.96. The number of fused-ring (bicyclic) bond motifs is 2. The summed E-state index contributed by atoms with van der Waals surface area (Å²) in [6.45, 7) is 4.27. The predicted molar refractivity (Wildman–Crippen MR) is 105 cm³/mol. The Balaban J connectivity index is 2.01. The molecule has 130 valence electrons. The van der Waals surface area contributed by atoms with Gasteiger partial charge in [-0.15, -0.1) is 0 Å². The average molecular weight is 343 g/mol. The van der Waals surface area contributed by atoms with E-state index >= 15 is 0 Å². The number of aromatic carboxylic acids is 1. The van der Waals surface area contributed by atoms with Gasteiger partial charge in [0.1, 0.15) is 0 Å². The van der Waals surface area contributed by atoms with Crippen molar-refractivity contribution in [1.29, 1.82) is 0 Å². The first-order chi connectivity index (χ1) is 12.5. The molecule has 4 rings (SSSR count). The van der Waals surface area contributed by atoms with E-state index in [1.54, 1.807) is 0 Å². The number of allylic oxidation sites excluding steroid dienone is 1. The van der Waals surface area contributed by atoms with E-state index in [0.717, 1.165) is 46.1 Å². The number of hydrogen-bond donors (Lipinski definition) is 1. The number of nitrogens with zero attached hydrogens (tertiary/aromatic N) is 1. The quantitative estimate of drug-likeness (QED) is 0.681. The normalized spacial score (nSPS) is 18.1. The van der Waals surface area contributed by atoms with Crippen LogP contribution >= 0.6 is 0 Å². The van der Waals surface area contributed by atoms with Crippen molar-refractivity contribution in [3.05, 3.63) is 76.5 Å². The summed E-state index contributed by atoms with van der Waals surface area (Å²) in [5.41, 5.74) is 6.37. The zero-order valence-corrected chi connectivity index (χ0v) is 15.0. The van der Waals surface area contributed by atoms with Gasteiger partial charge in [0.25, 0.3) is 0 Å². The van der Waals surface area contributed by atoms with E-state index in [9.17, 15) is 9.90 Å². The fraction of sp³-hybridized carbons (Fsp3) is 0.217. The second kappa shape index (κ2) is 6.41. The Morgan fingerprint density at radius 2 is 1.85 bits per heavy atom. The minimum absolute atomic E-state index is 0.388. The van der Waals surface area contributed by atoms with E-state index in [4.69, 9.17) is 4.98 Å². The van der Waals surface area contributed by atoms with Gasteiger partial charge >= 0.3 is 5.97 Å². The van der Waals surface area contributed by atoms with E-state index in [2.05, 4.69) is 32.1 Å². The van der Waals surface area contributed by atoms with Crippen molar-refractivity contribution in [2.24, 2.45) is 5.92 Å². The maximum Gasteiger partial charge on any atom is 0.336 e. The minimum Gasteiger partial charge on any atom is -0.478 e. The number of carbonyl (C=O) groups is 1. The van der Waals surface area contributed by atoms with Gasteiger partial charge in [0.15, 0.2) is 0 Å². The predicted octanol–water partition coefficient (Wildman–Crippen LogP) is 5.36. The number of carboxylic acid groups (broad SMARTS) is 1. The Morgan fingerprint density at radius 1 is 1.12 bits per heavy atom. The van der Waals surface area contributed by atoms with Crippen LogP contribution in [-0.2, 0) is 6.42 Å². The molecule has 1 aliphatic carbocycles. The summed E-state index contributed by atoms with van der Waals surface area (Å²) in [5, 5.41) is 10.6. The Hall–Kier alpha value is -2.94. The molecule has 0 aliphatic heterocycles. The minimum atomic E-state index is -0.871. The van der Waals surface area contributed by atoms with Crippen molar-refractivity contribution >= 4 is 28.5 Å². The summed E-state index contributed by atoms with van der Waals surface area (Å²) in [4.78, 5) is 16.9. The van der Waals surface area contributed by atoms with Gasteiger partial charge in [-0.2, -0.15) is 0 Å². The number of carboxylic acids is 1. The van der Waals surface area contributed by atoms with E-state index in [1.807, 2.05) is 36.4 Å². The van der Waals surface area contributed by atoms with Gasteiger partial charge in [0, 0.05) is 5.39 Å². The van der Waals surface area contributed by atoms with Crippen LogP contribution in [0.3, 0.4) is 0 Å². The summed E-state index contributed by atoms with van der Waals surface area (Å²) >= 11 is 0. The summed E-state index contributed by atoms with van der Waals surface area (Å²) in [6.07, 6.45) is 3.84. The zero-order chi connectivity index (χ0) is 18.3. The molecule has 2 aromatic carbocycles. The summed E-state index contributed by atoms with van der Waals surface area (Å²) in [7, 11) is 0. The molecular weight excluding hydrogens is 322 g/mol. The highest BCUT2D eigenvalue weighted by Gasteiger charge is 2.27. The maximum atomic E-state index is 12.1. The van der Waals surface area contributed by atoms with Crippen LogP contribution < -0.4 is 0 Å². The number of para-hydroxylation sites is 1. The SMILES string of the molecule is Cc1ccccc1/C=C1\CC(C)Cc2c1nc1ccccc1c2C(=O)O. The van der Waals surface area contributed by atoms with E-state index < -0.39 is 5.97 Å². The van der Waals surface area contributed by atoms with Crippen LogP contribution in [0.2, 0.25) is 0 Å². The number of rotatable bonds is 2. The second-order valence-electron chi connectivity index (χ2n) is 7.18. The molecule has 1 atom stereocenters. The molecule has 0 amide bonds. The highest BCUT2D eigenvalue weighted by molar-refractivity contribution is 6.06. The molecule has 26 heavy (non-hydrogen) atoms. The van der Waals surface area contributed by atoms with Crippen LogP contribution in [0.5, 0.6) is 0 Å². The summed E-state index contributed by atoms with van der Waals surface area (Å²) in [6, 6.07) is 15.8. The molecule has 0 spiro atoms. The molecule has 3 heteroatoms. The van der Waals surface area contributed by atoms with Crippen molar-refractivity contribution in [2.45, 2.75) is 26.7 Å². The van der Waals surface area contributed by atoms with Gasteiger partial charge in [0.05, 0.1) is 16.8 Å². The fourth-order valence-electron chi connectivity index (χ4n) is 3.92. The highest BCUT2D eigenvalue weighted by Crippen LogP contribution is 2.38. The third kappa shape index (κ3) is 2.80. The number of benzene rings is 2. The zero-order valence-electron chi connectivity index (χ0n) is 15.0. The monoisotopic (exact) mass is 343 g/mol.